The second-order valence-electron chi connectivity index (χ2n) is 3.85. The van der Waals surface area contributed by atoms with E-state index in [1.807, 2.05) is 12.3 Å². The van der Waals surface area contributed by atoms with E-state index in [-0.39, 0.29) is 0 Å². The number of hydrogen-bond donors (Lipinski definition) is 2. The quantitative estimate of drug-likeness (QED) is 0.713. The van der Waals surface area contributed by atoms with Crippen LogP contribution < -0.4 is 10.0 Å². The molecule has 4 nitrogen and oxygen atoms in total. The lowest BCUT2D eigenvalue weighted by molar-refractivity contribution is 0.582. The van der Waals surface area contributed by atoms with Gasteiger partial charge in [-0.2, -0.15) is 0 Å². The fraction of sp³-hybridized carbons (Fsp3) is 0.636. The molecule has 2 N–H and O–H groups in total. The fourth-order valence-corrected chi connectivity index (χ4v) is 3.69. The molecule has 0 fully saturated rings. The molecule has 0 unspecified atom stereocenters. The van der Waals surface area contributed by atoms with Crippen molar-refractivity contribution in [3.8, 4) is 0 Å². The first-order valence-corrected chi connectivity index (χ1v) is 8.24. The van der Waals surface area contributed by atoms with E-state index in [1.165, 1.54) is 11.3 Å². The summed E-state index contributed by atoms with van der Waals surface area (Å²) in [4.78, 5) is 0. The van der Waals surface area contributed by atoms with Crippen molar-refractivity contribution in [2.75, 3.05) is 13.1 Å². The molecule has 1 aromatic heterocycles. The lowest BCUT2D eigenvalue weighted by Gasteiger charge is -2.02. The summed E-state index contributed by atoms with van der Waals surface area (Å²) in [6.07, 6.45) is 1.88. The standard InChI is InChI=1S/C11H20N2O2S2/c1-3-5-12-8-10-7-11(16-9-10)17(14,15)13-6-4-2/h7,9,12-13H,3-6,8H2,1-2H3. The monoisotopic (exact) mass is 276 g/mol. The number of hydrogen-bond acceptors (Lipinski definition) is 4. The number of thiophene rings is 1. The molecule has 0 saturated heterocycles. The largest absolute Gasteiger partial charge is 0.313 e. The Morgan fingerprint density at radius 2 is 1.94 bits per heavy atom. The molecule has 1 aromatic rings. The third-order valence-electron chi connectivity index (χ3n) is 2.19. The molecule has 0 bridgehead atoms. The second-order valence-corrected chi connectivity index (χ2v) is 6.75. The highest BCUT2D eigenvalue weighted by Crippen LogP contribution is 2.19. The third kappa shape index (κ3) is 4.75. The second kappa shape index (κ2) is 7.10. The smallest absolute Gasteiger partial charge is 0.250 e. The maximum atomic E-state index is 11.8. The minimum Gasteiger partial charge on any atom is -0.313 e. The van der Waals surface area contributed by atoms with E-state index in [9.17, 15) is 8.42 Å². The molecule has 0 aliphatic rings. The summed E-state index contributed by atoms with van der Waals surface area (Å²) >= 11 is 1.27. The van der Waals surface area contributed by atoms with Gasteiger partial charge < -0.3 is 5.32 Å². The molecule has 0 amide bonds. The summed E-state index contributed by atoms with van der Waals surface area (Å²) in [7, 11) is -3.29. The van der Waals surface area contributed by atoms with Gasteiger partial charge in [-0.3, -0.25) is 0 Å². The van der Waals surface area contributed by atoms with Crippen molar-refractivity contribution in [3.05, 3.63) is 17.0 Å². The fourth-order valence-electron chi connectivity index (χ4n) is 1.30. The Kier molecular flexibility index (Phi) is 6.11. The maximum absolute atomic E-state index is 11.8. The topological polar surface area (TPSA) is 58.2 Å². The van der Waals surface area contributed by atoms with Gasteiger partial charge in [0.1, 0.15) is 4.21 Å². The molecule has 0 radical (unpaired) electrons. The van der Waals surface area contributed by atoms with Crippen molar-refractivity contribution < 1.29 is 8.42 Å². The molecular weight excluding hydrogens is 256 g/mol. The van der Waals surface area contributed by atoms with Crippen LogP contribution in [0.25, 0.3) is 0 Å². The SMILES string of the molecule is CCCNCc1csc(S(=O)(=O)NCCC)c1. The summed E-state index contributed by atoms with van der Waals surface area (Å²) in [5.74, 6) is 0. The summed E-state index contributed by atoms with van der Waals surface area (Å²) < 4.78 is 26.6. The van der Waals surface area contributed by atoms with Crippen LogP contribution in [0.15, 0.2) is 15.7 Å². The predicted molar refractivity (Wildman–Crippen MR) is 71.8 cm³/mol. The first-order chi connectivity index (χ1) is 8.10. The lowest BCUT2D eigenvalue weighted by atomic mass is 10.3. The Morgan fingerprint density at radius 1 is 1.24 bits per heavy atom. The van der Waals surface area contributed by atoms with Crippen LogP contribution >= 0.6 is 11.3 Å². The van der Waals surface area contributed by atoms with Crippen LogP contribution in [-0.4, -0.2) is 21.5 Å². The Labute approximate surface area is 107 Å². The van der Waals surface area contributed by atoms with Crippen LogP contribution in [0.2, 0.25) is 0 Å². The van der Waals surface area contributed by atoms with Gasteiger partial charge in [-0.05, 0) is 36.4 Å². The summed E-state index contributed by atoms with van der Waals surface area (Å²) in [6, 6.07) is 1.74. The van der Waals surface area contributed by atoms with E-state index in [4.69, 9.17) is 0 Å². The van der Waals surface area contributed by atoms with Gasteiger partial charge in [0.05, 0.1) is 0 Å². The minimum atomic E-state index is -3.29. The highest BCUT2D eigenvalue weighted by atomic mass is 32.2. The average Bonchev–Trinajstić information content (AvgIpc) is 2.76. The highest BCUT2D eigenvalue weighted by Gasteiger charge is 2.15. The Balaban J connectivity index is 2.60. The molecule has 98 valence electrons. The van der Waals surface area contributed by atoms with E-state index in [0.717, 1.165) is 31.5 Å². The molecule has 0 aromatic carbocycles. The van der Waals surface area contributed by atoms with Crippen molar-refractivity contribution in [2.45, 2.75) is 37.4 Å². The molecule has 0 saturated carbocycles. The van der Waals surface area contributed by atoms with Gasteiger partial charge in [-0.25, -0.2) is 13.1 Å². The molecule has 0 aliphatic heterocycles. The van der Waals surface area contributed by atoms with Crippen molar-refractivity contribution >= 4 is 21.4 Å². The predicted octanol–water partition coefficient (Wildman–Crippen LogP) is 1.94. The first kappa shape index (κ1) is 14.6. The van der Waals surface area contributed by atoms with Crippen molar-refractivity contribution in [1.29, 1.82) is 0 Å². The van der Waals surface area contributed by atoms with Gasteiger partial charge in [0.15, 0.2) is 0 Å². The van der Waals surface area contributed by atoms with Crippen molar-refractivity contribution in [2.24, 2.45) is 0 Å². The van der Waals surface area contributed by atoms with E-state index < -0.39 is 10.0 Å². The van der Waals surface area contributed by atoms with Crippen LogP contribution in [0.5, 0.6) is 0 Å². The first-order valence-electron chi connectivity index (χ1n) is 5.88. The summed E-state index contributed by atoms with van der Waals surface area (Å²) in [5.41, 5.74) is 1.03. The number of nitrogens with one attached hydrogen (secondary N) is 2. The van der Waals surface area contributed by atoms with Crippen LogP contribution in [0.1, 0.15) is 32.3 Å². The van der Waals surface area contributed by atoms with Gasteiger partial charge >= 0.3 is 0 Å². The Hall–Kier alpha value is -0.430. The zero-order valence-electron chi connectivity index (χ0n) is 10.3. The molecule has 0 aliphatic carbocycles. The van der Waals surface area contributed by atoms with Crippen molar-refractivity contribution in [1.82, 2.24) is 10.0 Å². The van der Waals surface area contributed by atoms with Crippen LogP contribution in [0, 0.1) is 0 Å². The van der Waals surface area contributed by atoms with Gasteiger partial charge in [-0.1, -0.05) is 13.8 Å². The number of rotatable bonds is 8. The molecule has 1 heterocycles. The lowest BCUT2D eigenvalue weighted by Crippen LogP contribution is -2.23. The summed E-state index contributed by atoms with van der Waals surface area (Å²) in [6.45, 7) is 6.21. The zero-order valence-corrected chi connectivity index (χ0v) is 12.0. The van der Waals surface area contributed by atoms with Crippen molar-refractivity contribution in [3.63, 3.8) is 0 Å². The van der Waals surface area contributed by atoms with Gasteiger partial charge in [-0.15, -0.1) is 11.3 Å². The minimum absolute atomic E-state index is 0.402. The molecule has 17 heavy (non-hydrogen) atoms. The Morgan fingerprint density at radius 3 is 2.59 bits per heavy atom. The van der Waals surface area contributed by atoms with E-state index in [1.54, 1.807) is 6.07 Å². The average molecular weight is 276 g/mol. The molecule has 0 spiro atoms. The highest BCUT2D eigenvalue weighted by molar-refractivity contribution is 7.91. The van der Waals surface area contributed by atoms with Gasteiger partial charge in [0, 0.05) is 13.1 Å². The number of sulfonamides is 1. The molecule has 6 heteroatoms. The zero-order chi connectivity index (χ0) is 12.7. The van der Waals surface area contributed by atoms with E-state index in [0.29, 0.717) is 10.8 Å². The van der Waals surface area contributed by atoms with E-state index in [2.05, 4.69) is 17.0 Å². The van der Waals surface area contributed by atoms with Gasteiger partial charge in [0.2, 0.25) is 10.0 Å². The van der Waals surface area contributed by atoms with E-state index >= 15 is 0 Å². The maximum Gasteiger partial charge on any atom is 0.250 e. The van der Waals surface area contributed by atoms with Crippen LogP contribution in [0.3, 0.4) is 0 Å². The molecular formula is C11H20N2O2S2. The van der Waals surface area contributed by atoms with Crippen LogP contribution in [0.4, 0.5) is 0 Å². The summed E-state index contributed by atoms with van der Waals surface area (Å²) in [5, 5.41) is 5.14. The molecule has 0 atom stereocenters. The third-order valence-corrected chi connectivity index (χ3v) is 5.14. The Bertz CT molecular complexity index is 426. The van der Waals surface area contributed by atoms with Crippen LogP contribution in [-0.2, 0) is 16.6 Å². The normalized spacial score (nSPS) is 11.9. The van der Waals surface area contributed by atoms with Gasteiger partial charge in [0.25, 0.3) is 0 Å². The molecule has 1 rings (SSSR count).